The molecule has 2 aromatic rings. The van der Waals surface area contributed by atoms with E-state index in [1.165, 1.54) is 6.33 Å². The van der Waals surface area contributed by atoms with Gasteiger partial charge in [0.15, 0.2) is 0 Å². The molecule has 7 heteroatoms. The topological polar surface area (TPSA) is 95.1 Å². The van der Waals surface area contributed by atoms with Gasteiger partial charge in [-0.25, -0.2) is 9.67 Å². The maximum absolute atomic E-state index is 12.1. The highest BCUT2D eigenvalue weighted by molar-refractivity contribution is 5.95. The van der Waals surface area contributed by atoms with Crippen molar-refractivity contribution in [3.63, 3.8) is 0 Å². The lowest BCUT2D eigenvalue weighted by Crippen LogP contribution is -2.36. The van der Waals surface area contributed by atoms with E-state index in [-0.39, 0.29) is 5.91 Å². The van der Waals surface area contributed by atoms with Gasteiger partial charge in [-0.2, -0.15) is 5.10 Å². The van der Waals surface area contributed by atoms with Crippen LogP contribution in [0.2, 0.25) is 0 Å². The van der Waals surface area contributed by atoms with Crippen molar-refractivity contribution in [2.24, 2.45) is 11.7 Å². The lowest BCUT2D eigenvalue weighted by Gasteiger charge is -2.15. The summed E-state index contributed by atoms with van der Waals surface area (Å²) < 4.78 is 6.94. The Bertz CT molecular complexity index is 625. The molecular formula is C15H21N5O2. The fourth-order valence-electron chi connectivity index (χ4n) is 2.13. The van der Waals surface area contributed by atoms with Crippen molar-refractivity contribution in [2.45, 2.75) is 26.3 Å². The van der Waals surface area contributed by atoms with E-state index in [1.54, 1.807) is 36.3 Å². The summed E-state index contributed by atoms with van der Waals surface area (Å²) in [6.07, 6.45) is 3.66. The van der Waals surface area contributed by atoms with Crippen molar-refractivity contribution in [1.29, 1.82) is 0 Å². The van der Waals surface area contributed by atoms with Gasteiger partial charge in [0.05, 0.1) is 13.2 Å². The molecular weight excluding hydrogens is 282 g/mol. The van der Waals surface area contributed by atoms with Crippen LogP contribution in [0.3, 0.4) is 0 Å². The van der Waals surface area contributed by atoms with Crippen LogP contribution < -0.4 is 15.8 Å². The summed E-state index contributed by atoms with van der Waals surface area (Å²) in [5.41, 5.74) is 7.25. The second-order valence-corrected chi connectivity index (χ2v) is 5.45. The lowest BCUT2D eigenvalue weighted by molar-refractivity contribution is -0.117. The second kappa shape index (κ2) is 7.04. The van der Waals surface area contributed by atoms with Crippen LogP contribution in [0, 0.1) is 5.92 Å². The number of anilines is 1. The highest BCUT2D eigenvalue weighted by atomic mass is 16.5. The maximum atomic E-state index is 12.1. The van der Waals surface area contributed by atoms with Gasteiger partial charge >= 0.3 is 0 Å². The van der Waals surface area contributed by atoms with E-state index in [4.69, 9.17) is 10.5 Å². The van der Waals surface area contributed by atoms with Crippen LogP contribution in [0.1, 0.15) is 20.3 Å². The van der Waals surface area contributed by atoms with Crippen LogP contribution in [-0.2, 0) is 4.79 Å². The number of carbonyl (C=O) groups is 1. The van der Waals surface area contributed by atoms with E-state index in [9.17, 15) is 4.79 Å². The summed E-state index contributed by atoms with van der Waals surface area (Å²) in [5, 5.41) is 6.87. The van der Waals surface area contributed by atoms with Gasteiger partial charge < -0.3 is 15.8 Å². The predicted molar refractivity (Wildman–Crippen MR) is 84.0 cm³/mol. The maximum Gasteiger partial charge on any atom is 0.241 e. The number of nitrogens with one attached hydrogen (secondary N) is 1. The van der Waals surface area contributed by atoms with Gasteiger partial charge in [-0.05, 0) is 24.5 Å². The molecule has 7 nitrogen and oxygen atoms in total. The van der Waals surface area contributed by atoms with E-state index in [0.717, 1.165) is 5.69 Å². The van der Waals surface area contributed by atoms with Gasteiger partial charge in [-0.3, -0.25) is 4.79 Å². The van der Waals surface area contributed by atoms with Gasteiger partial charge in [0.2, 0.25) is 5.91 Å². The number of aromatic nitrogens is 3. The zero-order chi connectivity index (χ0) is 16.1. The number of nitrogens with zero attached hydrogens (tertiary/aromatic N) is 3. The molecule has 3 N–H and O–H groups in total. The first-order valence-electron chi connectivity index (χ1n) is 7.10. The fourth-order valence-corrected chi connectivity index (χ4v) is 2.13. The molecule has 0 saturated heterocycles. The largest absolute Gasteiger partial charge is 0.494 e. The summed E-state index contributed by atoms with van der Waals surface area (Å²) in [6.45, 7) is 4.06. The lowest BCUT2D eigenvalue weighted by atomic mass is 10.0. The SMILES string of the molecule is COc1cc(NC(=O)[C@H](N)CC(C)C)ccc1-n1cncn1. The Hall–Kier alpha value is -2.41. The number of amides is 1. The monoisotopic (exact) mass is 303 g/mol. The van der Waals surface area contributed by atoms with E-state index in [0.29, 0.717) is 23.8 Å². The van der Waals surface area contributed by atoms with E-state index < -0.39 is 6.04 Å². The quantitative estimate of drug-likeness (QED) is 0.845. The van der Waals surface area contributed by atoms with Gasteiger partial charge in [0, 0.05) is 11.8 Å². The van der Waals surface area contributed by atoms with Crippen molar-refractivity contribution in [1.82, 2.24) is 14.8 Å². The molecule has 1 aromatic heterocycles. The Kier molecular flexibility index (Phi) is 5.11. The molecule has 0 radical (unpaired) electrons. The first-order chi connectivity index (χ1) is 10.5. The molecule has 0 fully saturated rings. The standard InChI is InChI=1S/C15H21N5O2/c1-10(2)6-12(16)15(21)19-11-4-5-13(14(7-11)22-3)20-9-17-8-18-20/h4-5,7-10,12H,6,16H2,1-3H3,(H,19,21)/t12-/m1/s1. The normalized spacial score (nSPS) is 12.2. The average Bonchev–Trinajstić information content (AvgIpc) is 3.00. The zero-order valence-electron chi connectivity index (χ0n) is 13.0. The van der Waals surface area contributed by atoms with Crippen molar-refractivity contribution in [3.8, 4) is 11.4 Å². The van der Waals surface area contributed by atoms with Gasteiger partial charge in [-0.1, -0.05) is 13.8 Å². The molecule has 1 heterocycles. The van der Waals surface area contributed by atoms with E-state index in [1.807, 2.05) is 13.8 Å². The minimum absolute atomic E-state index is 0.204. The number of carbonyl (C=O) groups excluding carboxylic acids is 1. The molecule has 1 aromatic carbocycles. The van der Waals surface area contributed by atoms with Crippen LogP contribution in [-0.4, -0.2) is 33.8 Å². The molecule has 0 aliphatic rings. The predicted octanol–water partition coefficient (Wildman–Crippen LogP) is 1.59. The molecule has 0 aliphatic carbocycles. The molecule has 1 amide bonds. The molecule has 118 valence electrons. The Morgan fingerprint density at radius 1 is 1.45 bits per heavy atom. The number of methoxy groups -OCH3 is 1. The second-order valence-electron chi connectivity index (χ2n) is 5.45. The summed E-state index contributed by atoms with van der Waals surface area (Å²) in [6, 6.07) is 4.79. The van der Waals surface area contributed by atoms with Gasteiger partial charge in [0.1, 0.15) is 24.1 Å². The third-order valence-electron chi connectivity index (χ3n) is 3.17. The van der Waals surface area contributed by atoms with Crippen molar-refractivity contribution in [3.05, 3.63) is 30.9 Å². The third kappa shape index (κ3) is 3.82. The van der Waals surface area contributed by atoms with Gasteiger partial charge in [0.25, 0.3) is 0 Å². The summed E-state index contributed by atoms with van der Waals surface area (Å²) in [4.78, 5) is 16.0. The zero-order valence-corrected chi connectivity index (χ0v) is 13.0. The minimum atomic E-state index is -0.527. The van der Waals surface area contributed by atoms with Crippen molar-refractivity contribution < 1.29 is 9.53 Å². The number of rotatable bonds is 6. The molecule has 0 spiro atoms. The molecule has 0 saturated carbocycles. The number of hydrogen-bond donors (Lipinski definition) is 2. The fraction of sp³-hybridized carbons (Fsp3) is 0.400. The Labute approximate surface area is 129 Å². The summed E-state index contributed by atoms with van der Waals surface area (Å²) in [7, 11) is 1.56. The first kappa shape index (κ1) is 16.0. The smallest absolute Gasteiger partial charge is 0.241 e. The van der Waals surface area contributed by atoms with Crippen molar-refractivity contribution >= 4 is 11.6 Å². The molecule has 0 aliphatic heterocycles. The highest BCUT2D eigenvalue weighted by Gasteiger charge is 2.16. The van der Waals surface area contributed by atoms with Crippen LogP contribution in [0.15, 0.2) is 30.9 Å². The molecule has 0 bridgehead atoms. The summed E-state index contributed by atoms with van der Waals surface area (Å²) >= 11 is 0. The van der Waals surface area contributed by atoms with Crippen LogP contribution in [0.5, 0.6) is 5.75 Å². The highest BCUT2D eigenvalue weighted by Crippen LogP contribution is 2.26. The Balaban J connectivity index is 2.15. The van der Waals surface area contributed by atoms with Crippen LogP contribution >= 0.6 is 0 Å². The number of nitrogens with two attached hydrogens (primary N) is 1. The first-order valence-corrected chi connectivity index (χ1v) is 7.10. The van der Waals surface area contributed by atoms with Crippen molar-refractivity contribution in [2.75, 3.05) is 12.4 Å². The Morgan fingerprint density at radius 3 is 2.82 bits per heavy atom. The molecule has 22 heavy (non-hydrogen) atoms. The summed E-state index contributed by atoms with van der Waals surface area (Å²) in [5.74, 6) is 0.745. The minimum Gasteiger partial charge on any atom is -0.494 e. The van der Waals surface area contributed by atoms with Crippen LogP contribution in [0.25, 0.3) is 5.69 Å². The van der Waals surface area contributed by atoms with E-state index in [2.05, 4.69) is 15.4 Å². The molecule has 2 rings (SSSR count). The van der Waals surface area contributed by atoms with Gasteiger partial charge in [-0.15, -0.1) is 0 Å². The molecule has 0 unspecified atom stereocenters. The number of ether oxygens (including phenoxy) is 1. The van der Waals surface area contributed by atoms with Crippen LogP contribution in [0.4, 0.5) is 5.69 Å². The average molecular weight is 303 g/mol. The Morgan fingerprint density at radius 2 is 2.23 bits per heavy atom. The number of benzene rings is 1. The third-order valence-corrected chi connectivity index (χ3v) is 3.17. The van der Waals surface area contributed by atoms with E-state index >= 15 is 0 Å². The number of hydrogen-bond acceptors (Lipinski definition) is 5. The molecule has 1 atom stereocenters.